The van der Waals surface area contributed by atoms with E-state index >= 15 is 0 Å². The minimum atomic E-state index is -0.471. The van der Waals surface area contributed by atoms with Gasteiger partial charge in [-0.3, -0.25) is 0 Å². The number of halogens is 1. The minimum absolute atomic E-state index is 0.250. The van der Waals surface area contributed by atoms with Gasteiger partial charge in [-0.1, -0.05) is 11.8 Å². The topological polar surface area (TPSA) is 55.3 Å². The number of piperidine rings is 1. The van der Waals surface area contributed by atoms with Crippen LogP contribution in [0.3, 0.4) is 0 Å². The molecule has 1 aliphatic heterocycles. The number of carbonyl (C=O) groups is 1. The maximum atomic E-state index is 12.8. The second-order valence-electron chi connectivity index (χ2n) is 6.43. The Morgan fingerprint density at radius 2 is 2.14 bits per heavy atom. The zero-order chi connectivity index (χ0) is 16.2. The molecular formula is C15H22FN3O2S. The quantitative estimate of drug-likeness (QED) is 0.629. The molecular weight excluding hydrogens is 305 g/mol. The van der Waals surface area contributed by atoms with Crippen molar-refractivity contribution in [1.82, 2.24) is 14.9 Å². The summed E-state index contributed by atoms with van der Waals surface area (Å²) in [6.07, 6.45) is 4.12. The molecule has 7 heteroatoms. The molecule has 0 N–H and O–H groups in total. The van der Waals surface area contributed by atoms with Crippen molar-refractivity contribution in [2.24, 2.45) is 5.92 Å². The number of nitrogens with zero attached hydrogens (tertiary/aromatic N) is 3. The first kappa shape index (κ1) is 17.0. The third-order valence-corrected chi connectivity index (χ3v) is 4.32. The normalized spacial score (nSPS) is 19.1. The highest BCUT2D eigenvalue weighted by atomic mass is 32.2. The molecule has 0 aliphatic carbocycles. The van der Waals surface area contributed by atoms with Gasteiger partial charge in [0.1, 0.15) is 5.60 Å². The van der Waals surface area contributed by atoms with Crippen LogP contribution in [0.5, 0.6) is 0 Å². The van der Waals surface area contributed by atoms with E-state index in [4.69, 9.17) is 4.74 Å². The number of hydrogen-bond acceptors (Lipinski definition) is 5. The first-order valence-electron chi connectivity index (χ1n) is 7.42. The second-order valence-corrected chi connectivity index (χ2v) is 7.42. The zero-order valence-corrected chi connectivity index (χ0v) is 14.0. The fourth-order valence-corrected chi connectivity index (χ4v) is 3.17. The number of likely N-dealkylation sites (tertiary alicyclic amines) is 1. The van der Waals surface area contributed by atoms with Crippen molar-refractivity contribution in [3.8, 4) is 0 Å². The number of ether oxygens (including phenoxy) is 1. The zero-order valence-electron chi connectivity index (χ0n) is 13.2. The molecule has 1 aromatic heterocycles. The number of rotatable bonds is 3. The van der Waals surface area contributed by atoms with E-state index in [9.17, 15) is 9.18 Å². The van der Waals surface area contributed by atoms with Crippen molar-refractivity contribution in [3.05, 3.63) is 18.2 Å². The molecule has 0 aromatic carbocycles. The number of hydrogen-bond donors (Lipinski definition) is 0. The summed E-state index contributed by atoms with van der Waals surface area (Å²) in [5.41, 5.74) is -0.471. The lowest BCUT2D eigenvalue weighted by Gasteiger charge is -2.33. The molecule has 0 radical (unpaired) electrons. The fraction of sp³-hybridized carbons (Fsp3) is 0.667. The van der Waals surface area contributed by atoms with Crippen molar-refractivity contribution in [2.45, 2.75) is 44.4 Å². The molecule has 0 bridgehead atoms. The van der Waals surface area contributed by atoms with Gasteiger partial charge in [0.15, 0.2) is 11.0 Å². The molecule has 5 nitrogen and oxygen atoms in total. The Labute approximate surface area is 134 Å². The first-order valence-corrected chi connectivity index (χ1v) is 8.40. The SMILES string of the molecule is CC(C)(C)OC(=O)N1CCC[C@H](CSc2ncc(F)cn2)C1. The van der Waals surface area contributed by atoms with E-state index in [1.54, 1.807) is 4.90 Å². The van der Waals surface area contributed by atoms with E-state index in [0.29, 0.717) is 17.6 Å². The van der Waals surface area contributed by atoms with Gasteiger partial charge < -0.3 is 9.64 Å². The Kier molecular flexibility index (Phi) is 5.61. The summed E-state index contributed by atoms with van der Waals surface area (Å²) in [5, 5.41) is 0.566. The lowest BCUT2D eigenvalue weighted by molar-refractivity contribution is 0.0177. The summed E-state index contributed by atoms with van der Waals surface area (Å²) in [7, 11) is 0. The summed E-state index contributed by atoms with van der Waals surface area (Å²) < 4.78 is 18.2. The molecule has 0 spiro atoms. The molecule has 122 valence electrons. The minimum Gasteiger partial charge on any atom is -0.444 e. The molecule has 0 saturated carbocycles. The molecule has 22 heavy (non-hydrogen) atoms. The van der Waals surface area contributed by atoms with Crippen LogP contribution < -0.4 is 0 Å². The smallest absolute Gasteiger partial charge is 0.410 e. The van der Waals surface area contributed by atoms with Crippen LogP contribution in [0.15, 0.2) is 17.6 Å². The van der Waals surface area contributed by atoms with E-state index in [1.807, 2.05) is 20.8 Å². The van der Waals surface area contributed by atoms with E-state index in [2.05, 4.69) is 9.97 Å². The van der Waals surface area contributed by atoms with Crippen molar-refractivity contribution < 1.29 is 13.9 Å². The van der Waals surface area contributed by atoms with Gasteiger partial charge in [-0.15, -0.1) is 0 Å². The Morgan fingerprint density at radius 1 is 1.45 bits per heavy atom. The summed E-state index contributed by atoms with van der Waals surface area (Å²) in [4.78, 5) is 21.7. The van der Waals surface area contributed by atoms with Crippen molar-refractivity contribution in [1.29, 1.82) is 0 Å². The van der Waals surface area contributed by atoms with Gasteiger partial charge in [-0.25, -0.2) is 19.2 Å². The van der Waals surface area contributed by atoms with Crippen LogP contribution in [0.2, 0.25) is 0 Å². The summed E-state index contributed by atoms with van der Waals surface area (Å²) in [5.74, 6) is 0.753. The molecule has 1 fully saturated rings. The van der Waals surface area contributed by atoms with Crippen LogP contribution in [-0.2, 0) is 4.74 Å². The summed E-state index contributed by atoms with van der Waals surface area (Å²) in [6, 6.07) is 0. The highest BCUT2D eigenvalue weighted by Gasteiger charge is 2.27. The van der Waals surface area contributed by atoms with Crippen LogP contribution in [-0.4, -0.2) is 45.4 Å². The highest BCUT2D eigenvalue weighted by Crippen LogP contribution is 2.24. The Bertz CT molecular complexity index is 505. The van der Waals surface area contributed by atoms with Crippen LogP contribution in [0.25, 0.3) is 0 Å². The predicted octanol–water partition coefficient (Wildman–Crippen LogP) is 3.35. The third kappa shape index (κ3) is 5.44. The van der Waals surface area contributed by atoms with Crippen LogP contribution in [0.1, 0.15) is 33.6 Å². The standard InChI is InChI=1S/C15H22FN3O2S/c1-15(2,3)21-14(20)19-6-4-5-11(9-19)10-22-13-17-7-12(16)8-18-13/h7-8,11H,4-6,9-10H2,1-3H3/t11-/m0/s1. The summed E-state index contributed by atoms with van der Waals surface area (Å²) in [6.45, 7) is 7.03. The number of carbonyl (C=O) groups excluding carboxylic acids is 1. The number of aromatic nitrogens is 2. The average Bonchev–Trinajstić information content (AvgIpc) is 2.45. The second kappa shape index (κ2) is 7.26. The van der Waals surface area contributed by atoms with E-state index in [-0.39, 0.29) is 6.09 Å². The monoisotopic (exact) mass is 327 g/mol. The van der Waals surface area contributed by atoms with Gasteiger partial charge in [-0.05, 0) is 39.5 Å². The van der Waals surface area contributed by atoms with Crippen molar-refractivity contribution in [2.75, 3.05) is 18.8 Å². The Hall–Kier alpha value is -1.37. The van der Waals surface area contributed by atoms with Crippen molar-refractivity contribution >= 4 is 17.9 Å². The van der Waals surface area contributed by atoms with Gasteiger partial charge in [-0.2, -0.15) is 0 Å². The largest absolute Gasteiger partial charge is 0.444 e. The average molecular weight is 327 g/mol. The van der Waals surface area contributed by atoms with Gasteiger partial charge in [0.05, 0.1) is 12.4 Å². The van der Waals surface area contributed by atoms with Gasteiger partial charge in [0, 0.05) is 18.8 Å². The van der Waals surface area contributed by atoms with Gasteiger partial charge in [0.25, 0.3) is 0 Å². The van der Waals surface area contributed by atoms with Crippen molar-refractivity contribution in [3.63, 3.8) is 0 Å². The van der Waals surface area contributed by atoms with Gasteiger partial charge >= 0.3 is 6.09 Å². The molecule has 1 atom stereocenters. The van der Waals surface area contributed by atoms with E-state index in [1.165, 1.54) is 24.2 Å². The maximum absolute atomic E-state index is 12.8. The molecule has 0 unspecified atom stereocenters. The van der Waals surface area contributed by atoms with E-state index < -0.39 is 11.4 Å². The summed E-state index contributed by atoms with van der Waals surface area (Å²) >= 11 is 1.49. The first-order chi connectivity index (χ1) is 10.3. The Morgan fingerprint density at radius 3 is 2.77 bits per heavy atom. The van der Waals surface area contributed by atoms with Crippen LogP contribution >= 0.6 is 11.8 Å². The lowest BCUT2D eigenvalue weighted by Crippen LogP contribution is -2.43. The maximum Gasteiger partial charge on any atom is 0.410 e. The molecule has 1 saturated heterocycles. The van der Waals surface area contributed by atoms with Gasteiger partial charge in [0.2, 0.25) is 0 Å². The third-order valence-electron chi connectivity index (χ3n) is 3.22. The van der Waals surface area contributed by atoms with E-state index in [0.717, 1.165) is 25.1 Å². The predicted molar refractivity (Wildman–Crippen MR) is 83.2 cm³/mol. The molecule has 1 aromatic rings. The number of amides is 1. The molecule has 2 rings (SSSR count). The number of thioether (sulfide) groups is 1. The highest BCUT2D eigenvalue weighted by molar-refractivity contribution is 7.99. The Balaban J connectivity index is 1.82. The molecule has 1 aliphatic rings. The fourth-order valence-electron chi connectivity index (χ4n) is 2.26. The molecule has 2 heterocycles. The van der Waals surface area contributed by atoms with Crippen LogP contribution in [0, 0.1) is 11.7 Å². The molecule has 1 amide bonds. The lowest BCUT2D eigenvalue weighted by atomic mass is 10.0. The van der Waals surface area contributed by atoms with Crippen LogP contribution in [0.4, 0.5) is 9.18 Å².